The fourth-order valence-corrected chi connectivity index (χ4v) is 3.59. The van der Waals surface area contributed by atoms with E-state index in [4.69, 9.17) is 0 Å². The van der Waals surface area contributed by atoms with Crippen LogP contribution >= 0.6 is 0 Å². The summed E-state index contributed by atoms with van der Waals surface area (Å²) < 4.78 is 0. The van der Waals surface area contributed by atoms with Crippen molar-refractivity contribution in [1.82, 2.24) is 0 Å². The van der Waals surface area contributed by atoms with Gasteiger partial charge in [0.05, 0.1) is 0 Å². The molecule has 6 aromatic rings. The van der Waals surface area contributed by atoms with Gasteiger partial charge in [-0.2, -0.15) is 0 Å². The third-order valence-electron chi connectivity index (χ3n) is 5.25. The van der Waals surface area contributed by atoms with Gasteiger partial charge >= 0.3 is 17.4 Å². The van der Waals surface area contributed by atoms with Gasteiger partial charge in [-0.05, 0) is 32.3 Å². The van der Waals surface area contributed by atoms with Gasteiger partial charge in [0, 0.05) is 0 Å². The Balaban J connectivity index is 0.000000141. The summed E-state index contributed by atoms with van der Waals surface area (Å²) in [6.45, 7) is 0. The number of hydrogen-bond donors (Lipinski definition) is 0. The molecular formula is C30H21AlO3. The van der Waals surface area contributed by atoms with Crippen molar-refractivity contribution in [2.75, 3.05) is 0 Å². The Hall–Kier alpha value is -3.97. The van der Waals surface area contributed by atoms with E-state index in [2.05, 4.69) is 0 Å². The molecule has 0 amide bonds. The van der Waals surface area contributed by atoms with E-state index in [9.17, 15) is 15.3 Å². The average Bonchev–Trinajstić information content (AvgIpc) is 2.86. The molecule has 0 bridgehead atoms. The minimum atomic E-state index is 0. The summed E-state index contributed by atoms with van der Waals surface area (Å²) in [7, 11) is 0. The van der Waals surface area contributed by atoms with Gasteiger partial charge in [0.2, 0.25) is 0 Å². The molecule has 0 N–H and O–H groups in total. The van der Waals surface area contributed by atoms with Crippen molar-refractivity contribution in [2.45, 2.75) is 0 Å². The predicted octanol–water partition coefficient (Wildman–Crippen LogP) is 5.36. The van der Waals surface area contributed by atoms with E-state index in [0.29, 0.717) is 0 Å². The molecule has 6 rings (SSSR count). The molecule has 0 fully saturated rings. The molecule has 0 heterocycles. The first kappa shape index (κ1) is 24.7. The first-order valence-corrected chi connectivity index (χ1v) is 10.6. The van der Waals surface area contributed by atoms with E-state index in [-0.39, 0.29) is 34.6 Å². The molecule has 0 saturated heterocycles. The van der Waals surface area contributed by atoms with Crippen LogP contribution in [0.1, 0.15) is 0 Å². The maximum absolute atomic E-state index is 11.2. The zero-order valence-electron chi connectivity index (χ0n) is 18.4. The van der Waals surface area contributed by atoms with E-state index in [1.807, 2.05) is 91.0 Å². The van der Waals surface area contributed by atoms with Crippen molar-refractivity contribution in [3.8, 4) is 17.2 Å². The molecule has 0 unspecified atom stereocenters. The van der Waals surface area contributed by atoms with Crippen LogP contribution in [0.3, 0.4) is 0 Å². The quantitative estimate of drug-likeness (QED) is 0.289. The van der Waals surface area contributed by atoms with Crippen molar-refractivity contribution in [1.29, 1.82) is 0 Å². The molecule has 0 saturated carbocycles. The van der Waals surface area contributed by atoms with Gasteiger partial charge in [-0.3, -0.25) is 0 Å². The number of hydrogen-bond acceptors (Lipinski definition) is 3. The average molecular weight is 456 g/mol. The van der Waals surface area contributed by atoms with Crippen LogP contribution in [-0.2, 0) is 0 Å². The van der Waals surface area contributed by atoms with Gasteiger partial charge in [-0.15, -0.1) is 17.2 Å². The van der Waals surface area contributed by atoms with Crippen molar-refractivity contribution < 1.29 is 15.3 Å². The molecule has 34 heavy (non-hydrogen) atoms. The van der Waals surface area contributed by atoms with Crippen LogP contribution in [0.15, 0.2) is 127 Å². The molecule has 0 aliphatic heterocycles. The van der Waals surface area contributed by atoms with Crippen molar-refractivity contribution in [3.05, 3.63) is 127 Å². The Bertz CT molecular complexity index is 1310. The van der Waals surface area contributed by atoms with Crippen LogP contribution in [0.2, 0.25) is 0 Å². The summed E-state index contributed by atoms with van der Waals surface area (Å²) in [6, 6.07) is 38.7. The smallest absolute Gasteiger partial charge is 0.872 e. The number of fused-ring (bicyclic) bond motifs is 3. The Kier molecular flexibility index (Phi) is 8.54. The summed E-state index contributed by atoms with van der Waals surface area (Å²) in [4.78, 5) is 0. The van der Waals surface area contributed by atoms with E-state index in [1.54, 1.807) is 36.4 Å². The van der Waals surface area contributed by atoms with Crippen molar-refractivity contribution >= 4 is 49.7 Å². The molecule has 0 aromatic heterocycles. The Labute approximate surface area is 209 Å². The Morgan fingerprint density at radius 1 is 0.294 bits per heavy atom. The maximum Gasteiger partial charge on any atom is 3.00 e. The molecule has 3 nitrogen and oxygen atoms in total. The van der Waals surface area contributed by atoms with Crippen LogP contribution < -0.4 is 15.3 Å². The summed E-state index contributed by atoms with van der Waals surface area (Å²) in [5.41, 5.74) is 0. The molecule has 162 valence electrons. The minimum absolute atomic E-state index is 0. The molecule has 6 aromatic carbocycles. The fourth-order valence-electron chi connectivity index (χ4n) is 3.59. The van der Waals surface area contributed by atoms with Crippen LogP contribution in [0.5, 0.6) is 17.2 Å². The van der Waals surface area contributed by atoms with Crippen LogP contribution in [-0.4, -0.2) is 17.4 Å². The number of rotatable bonds is 0. The molecule has 0 atom stereocenters. The largest absolute Gasteiger partial charge is 3.00 e. The first-order valence-electron chi connectivity index (χ1n) is 10.6. The van der Waals surface area contributed by atoms with E-state index >= 15 is 0 Å². The maximum atomic E-state index is 11.2. The second-order valence-corrected chi connectivity index (χ2v) is 7.43. The fraction of sp³-hybridized carbons (Fsp3) is 0. The second kappa shape index (κ2) is 11.8. The molecular weight excluding hydrogens is 435 g/mol. The standard InChI is InChI=1S/3C10H8O.Al/c3*11-10-7-3-5-8-4-1-2-6-9(8)10;/h3*1-7,11H;/q;;;+3/p-3. The first-order chi connectivity index (χ1) is 16.1. The molecule has 0 aliphatic carbocycles. The molecule has 0 radical (unpaired) electrons. The number of benzene rings is 6. The van der Waals surface area contributed by atoms with Crippen LogP contribution in [0.25, 0.3) is 32.3 Å². The van der Waals surface area contributed by atoms with E-state index < -0.39 is 0 Å². The Morgan fingerprint density at radius 2 is 0.529 bits per heavy atom. The van der Waals surface area contributed by atoms with Crippen molar-refractivity contribution in [3.63, 3.8) is 0 Å². The zero-order valence-corrected chi connectivity index (χ0v) is 19.6. The summed E-state index contributed by atoms with van der Waals surface area (Å²) in [5, 5.41) is 39.0. The summed E-state index contributed by atoms with van der Waals surface area (Å²) in [5.74, 6) is 0.300. The Morgan fingerprint density at radius 3 is 0.794 bits per heavy atom. The van der Waals surface area contributed by atoms with Gasteiger partial charge in [-0.25, -0.2) is 0 Å². The minimum Gasteiger partial charge on any atom is -0.872 e. The summed E-state index contributed by atoms with van der Waals surface area (Å²) >= 11 is 0. The second-order valence-electron chi connectivity index (χ2n) is 7.43. The van der Waals surface area contributed by atoms with Crippen LogP contribution in [0.4, 0.5) is 0 Å². The van der Waals surface area contributed by atoms with Gasteiger partial charge in [0.15, 0.2) is 0 Å². The predicted molar refractivity (Wildman–Crippen MR) is 136 cm³/mol. The third kappa shape index (κ3) is 5.88. The van der Waals surface area contributed by atoms with Crippen molar-refractivity contribution in [2.24, 2.45) is 0 Å². The SMILES string of the molecule is [Al+3].[O-]c1cccc2ccccc12.[O-]c1cccc2ccccc12.[O-]c1cccc2ccccc12. The molecule has 0 spiro atoms. The van der Waals surface area contributed by atoms with Gasteiger partial charge < -0.3 is 15.3 Å². The van der Waals surface area contributed by atoms with E-state index in [0.717, 1.165) is 32.3 Å². The monoisotopic (exact) mass is 456 g/mol. The molecule has 4 heteroatoms. The topological polar surface area (TPSA) is 69.2 Å². The van der Waals surface area contributed by atoms with Gasteiger partial charge in [0.1, 0.15) is 0 Å². The summed E-state index contributed by atoms with van der Waals surface area (Å²) in [6.07, 6.45) is 0. The van der Waals surface area contributed by atoms with Gasteiger partial charge in [-0.1, -0.05) is 127 Å². The normalized spacial score (nSPS) is 9.88. The van der Waals surface area contributed by atoms with E-state index in [1.165, 1.54) is 0 Å². The van der Waals surface area contributed by atoms with Gasteiger partial charge in [0.25, 0.3) is 0 Å². The third-order valence-corrected chi connectivity index (χ3v) is 5.25. The molecule has 0 aliphatic rings. The zero-order chi connectivity index (χ0) is 23.0. The van der Waals surface area contributed by atoms with Crippen LogP contribution in [0, 0.1) is 0 Å².